The molecule has 10 heteroatoms. The summed E-state index contributed by atoms with van der Waals surface area (Å²) in [6.07, 6.45) is 1.40. The molecule has 1 rings (SSSR count). The van der Waals surface area contributed by atoms with E-state index in [9.17, 15) is 18.3 Å². The van der Waals surface area contributed by atoms with Crippen LogP contribution in [0.15, 0.2) is 18.2 Å². The zero-order valence-electron chi connectivity index (χ0n) is 20.8. The predicted octanol–water partition coefficient (Wildman–Crippen LogP) is 3.94. The highest BCUT2D eigenvalue weighted by Crippen LogP contribution is 2.20. The Hall–Kier alpha value is -0.900. The molecule has 0 spiro atoms. The van der Waals surface area contributed by atoms with Gasteiger partial charge in [0.15, 0.2) is 0 Å². The lowest BCUT2D eigenvalue weighted by Gasteiger charge is -2.29. The van der Waals surface area contributed by atoms with E-state index in [1.54, 1.807) is 18.2 Å². The number of rotatable bonds is 16. The zero-order valence-corrected chi connectivity index (χ0v) is 23.2. The van der Waals surface area contributed by atoms with Gasteiger partial charge in [-0.05, 0) is 55.4 Å². The molecule has 0 aliphatic heterocycles. The van der Waals surface area contributed by atoms with E-state index in [1.807, 2.05) is 27.7 Å². The van der Waals surface area contributed by atoms with Gasteiger partial charge in [-0.25, -0.2) is 12.7 Å². The Kier molecular flexibility index (Phi) is 14.0. The molecular formula is C24H41Cl2N3O4S. The number of nitrogens with zero attached hydrogens (tertiary/aromatic N) is 2. The highest BCUT2D eigenvalue weighted by atomic mass is 35.5. The van der Waals surface area contributed by atoms with Gasteiger partial charge in [0.05, 0.1) is 11.9 Å². The van der Waals surface area contributed by atoms with E-state index in [0.717, 1.165) is 24.8 Å². The Labute approximate surface area is 215 Å². The maximum atomic E-state index is 13.0. The molecule has 0 bridgehead atoms. The van der Waals surface area contributed by atoms with Gasteiger partial charge in [0, 0.05) is 48.7 Å². The van der Waals surface area contributed by atoms with Gasteiger partial charge in [0.1, 0.15) is 0 Å². The van der Waals surface area contributed by atoms with Crippen LogP contribution in [-0.4, -0.2) is 72.7 Å². The Balaban J connectivity index is 2.84. The molecule has 34 heavy (non-hydrogen) atoms. The van der Waals surface area contributed by atoms with Gasteiger partial charge in [0.25, 0.3) is 0 Å². The third-order valence-corrected chi connectivity index (χ3v) is 7.85. The second kappa shape index (κ2) is 15.3. The van der Waals surface area contributed by atoms with Crippen molar-refractivity contribution in [3.05, 3.63) is 33.8 Å². The number of hydrogen-bond acceptors (Lipinski definition) is 5. The van der Waals surface area contributed by atoms with Gasteiger partial charge in [-0.1, -0.05) is 50.9 Å². The first-order valence-electron chi connectivity index (χ1n) is 12.0. The Morgan fingerprint density at radius 1 is 1.06 bits per heavy atom. The van der Waals surface area contributed by atoms with Gasteiger partial charge >= 0.3 is 0 Å². The van der Waals surface area contributed by atoms with E-state index in [0.29, 0.717) is 42.0 Å². The average Bonchev–Trinajstić information content (AvgIpc) is 2.73. The molecule has 0 aliphatic carbocycles. The van der Waals surface area contributed by atoms with Gasteiger partial charge in [-0.15, -0.1) is 0 Å². The molecule has 1 amide bonds. The largest absolute Gasteiger partial charge is 0.390 e. The third kappa shape index (κ3) is 11.2. The zero-order chi connectivity index (χ0) is 25.9. The summed E-state index contributed by atoms with van der Waals surface area (Å²) in [6, 6.07) is 4.46. The van der Waals surface area contributed by atoms with Crippen LogP contribution >= 0.6 is 23.2 Å². The molecule has 1 aromatic rings. The third-order valence-electron chi connectivity index (χ3n) is 5.54. The number of nitrogens with two attached hydrogens (primary N) is 1. The number of carbonyl (C=O) groups excluding carboxylic acids is 1. The minimum Gasteiger partial charge on any atom is -0.390 e. The van der Waals surface area contributed by atoms with Crippen molar-refractivity contribution in [3.63, 3.8) is 0 Å². The van der Waals surface area contributed by atoms with E-state index in [-0.39, 0.29) is 24.6 Å². The number of sulfonamides is 1. The van der Waals surface area contributed by atoms with Crippen LogP contribution in [0.2, 0.25) is 10.0 Å². The van der Waals surface area contributed by atoms with E-state index < -0.39 is 22.2 Å². The molecule has 0 fully saturated rings. The Morgan fingerprint density at radius 2 is 1.62 bits per heavy atom. The number of hydrogen-bond donors (Lipinski definition) is 2. The second-order valence-corrected chi connectivity index (χ2v) is 12.2. The summed E-state index contributed by atoms with van der Waals surface area (Å²) in [5.74, 6) is -0.190. The number of aliphatic hydroxyl groups is 1. The first kappa shape index (κ1) is 31.1. The molecule has 0 saturated heterocycles. The van der Waals surface area contributed by atoms with Crippen molar-refractivity contribution in [2.45, 2.75) is 71.9 Å². The summed E-state index contributed by atoms with van der Waals surface area (Å²) >= 11 is 12.1. The number of aliphatic hydroxyl groups excluding tert-OH is 1. The van der Waals surface area contributed by atoms with Crippen LogP contribution in [0.5, 0.6) is 0 Å². The quantitative estimate of drug-likeness (QED) is 0.332. The second-order valence-electron chi connectivity index (χ2n) is 9.20. The molecule has 0 radical (unpaired) electrons. The van der Waals surface area contributed by atoms with Crippen LogP contribution in [0.1, 0.15) is 58.9 Å². The summed E-state index contributed by atoms with van der Waals surface area (Å²) in [4.78, 5) is 14.5. The summed E-state index contributed by atoms with van der Waals surface area (Å²) in [5, 5.41) is 11.7. The lowest BCUT2D eigenvalue weighted by molar-refractivity contribution is -0.132. The predicted molar refractivity (Wildman–Crippen MR) is 141 cm³/mol. The van der Waals surface area contributed by atoms with Gasteiger partial charge in [-0.3, -0.25) is 4.79 Å². The van der Waals surface area contributed by atoms with Crippen molar-refractivity contribution in [1.82, 2.24) is 9.21 Å². The summed E-state index contributed by atoms with van der Waals surface area (Å²) in [7, 11) is -3.53. The molecule has 3 N–H and O–H groups in total. The molecule has 196 valence electrons. The average molecular weight is 539 g/mol. The first-order chi connectivity index (χ1) is 15.9. The standard InChI is InChI=1S/C24H41Cl2N3O4S/c1-5-9-29(10-6-2)34(32,33)12-8-24(31)28(11-7-18(3)4)17-23(30)22(27)15-19-13-20(25)16-21(26)14-19/h13-14,16,18,22-23,30H,5-12,15,17,27H2,1-4H3/t22-,23+/m0/s1. The van der Waals surface area contributed by atoms with E-state index >= 15 is 0 Å². The SMILES string of the molecule is CCCN(CCC)S(=O)(=O)CCC(=O)N(CCC(C)C)C[C@@H](O)[C@@H](N)Cc1cc(Cl)cc(Cl)c1. The van der Waals surface area contributed by atoms with Gasteiger partial charge in [0.2, 0.25) is 15.9 Å². The topological polar surface area (TPSA) is 104 Å². The molecule has 2 atom stereocenters. The van der Waals surface area contributed by atoms with Gasteiger partial charge in [-0.2, -0.15) is 0 Å². The number of amides is 1. The van der Waals surface area contributed by atoms with Crippen LogP contribution in [0.4, 0.5) is 0 Å². The van der Waals surface area contributed by atoms with Crippen molar-refractivity contribution < 1.29 is 18.3 Å². The number of halogens is 2. The smallest absolute Gasteiger partial charge is 0.223 e. The van der Waals surface area contributed by atoms with E-state index in [4.69, 9.17) is 28.9 Å². The van der Waals surface area contributed by atoms with Crippen LogP contribution in [0, 0.1) is 5.92 Å². The first-order valence-corrected chi connectivity index (χ1v) is 14.4. The fraction of sp³-hybridized carbons (Fsp3) is 0.708. The van der Waals surface area contributed by atoms with E-state index in [2.05, 4.69) is 0 Å². The van der Waals surface area contributed by atoms with Crippen molar-refractivity contribution >= 4 is 39.1 Å². The lowest BCUT2D eigenvalue weighted by Crippen LogP contribution is -2.47. The van der Waals surface area contributed by atoms with Crippen molar-refractivity contribution in [1.29, 1.82) is 0 Å². The lowest BCUT2D eigenvalue weighted by atomic mass is 10.0. The monoisotopic (exact) mass is 537 g/mol. The molecule has 0 aromatic heterocycles. The van der Waals surface area contributed by atoms with Crippen LogP contribution in [-0.2, 0) is 21.2 Å². The Morgan fingerprint density at radius 3 is 2.12 bits per heavy atom. The summed E-state index contributed by atoms with van der Waals surface area (Å²) in [6.45, 7) is 9.31. The van der Waals surface area contributed by atoms with Crippen LogP contribution in [0.25, 0.3) is 0 Å². The molecule has 1 aromatic carbocycles. The fourth-order valence-electron chi connectivity index (χ4n) is 3.62. The summed E-state index contributed by atoms with van der Waals surface area (Å²) < 4.78 is 27.0. The van der Waals surface area contributed by atoms with Gasteiger partial charge < -0.3 is 15.7 Å². The normalized spacial score (nSPS) is 13.9. The Bertz CT molecular complexity index is 842. The molecule has 0 aliphatic rings. The number of benzene rings is 1. The molecular weight excluding hydrogens is 497 g/mol. The maximum absolute atomic E-state index is 13.0. The van der Waals surface area contributed by atoms with E-state index in [1.165, 1.54) is 9.21 Å². The highest BCUT2D eigenvalue weighted by Gasteiger charge is 2.26. The van der Waals surface area contributed by atoms with Crippen molar-refractivity contribution in [3.8, 4) is 0 Å². The minimum absolute atomic E-state index is 0.0364. The highest BCUT2D eigenvalue weighted by molar-refractivity contribution is 7.89. The van der Waals surface area contributed by atoms with Crippen molar-refractivity contribution in [2.24, 2.45) is 11.7 Å². The van der Waals surface area contributed by atoms with Crippen LogP contribution in [0.3, 0.4) is 0 Å². The van der Waals surface area contributed by atoms with Crippen molar-refractivity contribution in [2.75, 3.05) is 31.9 Å². The summed E-state index contributed by atoms with van der Waals surface area (Å²) in [5.41, 5.74) is 7.02. The molecule has 0 heterocycles. The molecule has 0 unspecified atom stereocenters. The fourth-order valence-corrected chi connectivity index (χ4v) is 5.81. The number of carbonyl (C=O) groups is 1. The molecule has 7 nitrogen and oxygen atoms in total. The maximum Gasteiger partial charge on any atom is 0.223 e. The van der Waals surface area contributed by atoms with Crippen LogP contribution < -0.4 is 5.73 Å². The molecule has 0 saturated carbocycles. The minimum atomic E-state index is -3.53.